The predicted octanol–water partition coefficient (Wildman–Crippen LogP) is 1.93. The molecule has 24 heavy (non-hydrogen) atoms. The fourth-order valence-electron chi connectivity index (χ4n) is 2.99. The SMILES string of the molecule is COc1cccc2c1nc(N)n1nc([C@H]3CCC(F)(F)CN3)nc21. The van der Waals surface area contributed by atoms with Gasteiger partial charge in [-0.1, -0.05) is 6.07 Å². The molecule has 0 radical (unpaired) electrons. The second-order valence-corrected chi connectivity index (χ2v) is 5.86. The molecule has 9 heteroatoms. The number of benzene rings is 1. The Balaban J connectivity index is 1.83. The van der Waals surface area contributed by atoms with Crippen molar-refractivity contribution in [1.29, 1.82) is 0 Å². The van der Waals surface area contributed by atoms with Crippen molar-refractivity contribution in [3.05, 3.63) is 24.0 Å². The zero-order chi connectivity index (χ0) is 16.9. The Morgan fingerprint density at radius 3 is 2.92 bits per heavy atom. The minimum atomic E-state index is -2.68. The lowest BCUT2D eigenvalue weighted by atomic mass is 10.0. The number of para-hydroxylation sites is 1. The molecule has 1 aromatic carbocycles. The molecular formula is C15H16F2N6O. The van der Waals surface area contributed by atoms with Crippen molar-refractivity contribution in [3.63, 3.8) is 0 Å². The van der Waals surface area contributed by atoms with Crippen molar-refractivity contribution < 1.29 is 13.5 Å². The molecule has 2 aromatic heterocycles. The molecule has 0 saturated carbocycles. The second kappa shape index (κ2) is 5.23. The van der Waals surface area contributed by atoms with Gasteiger partial charge in [-0.15, -0.1) is 5.10 Å². The second-order valence-electron chi connectivity index (χ2n) is 5.86. The van der Waals surface area contributed by atoms with E-state index in [0.29, 0.717) is 22.7 Å². The van der Waals surface area contributed by atoms with Crippen molar-refractivity contribution in [2.45, 2.75) is 24.8 Å². The van der Waals surface area contributed by atoms with Gasteiger partial charge in [-0.2, -0.15) is 4.52 Å². The summed E-state index contributed by atoms with van der Waals surface area (Å²) >= 11 is 0. The zero-order valence-electron chi connectivity index (χ0n) is 13.0. The van der Waals surface area contributed by atoms with Crippen LogP contribution in [0.3, 0.4) is 0 Å². The first-order chi connectivity index (χ1) is 11.5. The van der Waals surface area contributed by atoms with Crippen LogP contribution >= 0.6 is 0 Å². The van der Waals surface area contributed by atoms with Crippen LogP contribution in [0.2, 0.25) is 0 Å². The normalized spacial score (nSPS) is 20.5. The quantitative estimate of drug-likeness (QED) is 0.744. The van der Waals surface area contributed by atoms with E-state index in [1.54, 1.807) is 13.2 Å². The van der Waals surface area contributed by atoms with Crippen molar-refractivity contribution in [2.24, 2.45) is 0 Å². The number of hydrogen-bond acceptors (Lipinski definition) is 6. The van der Waals surface area contributed by atoms with Gasteiger partial charge in [-0.3, -0.25) is 0 Å². The van der Waals surface area contributed by atoms with Gasteiger partial charge in [0.25, 0.3) is 5.92 Å². The monoisotopic (exact) mass is 334 g/mol. The molecule has 3 heterocycles. The van der Waals surface area contributed by atoms with Crippen LogP contribution in [-0.2, 0) is 0 Å². The van der Waals surface area contributed by atoms with E-state index < -0.39 is 5.92 Å². The maximum absolute atomic E-state index is 13.3. The van der Waals surface area contributed by atoms with Crippen molar-refractivity contribution in [2.75, 3.05) is 19.4 Å². The van der Waals surface area contributed by atoms with Crippen LogP contribution in [0.15, 0.2) is 18.2 Å². The first-order valence-electron chi connectivity index (χ1n) is 7.58. The van der Waals surface area contributed by atoms with Crippen LogP contribution in [0, 0.1) is 0 Å². The molecule has 1 fully saturated rings. The Morgan fingerprint density at radius 2 is 2.21 bits per heavy atom. The third-order valence-corrected chi connectivity index (χ3v) is 4.24. The van der Waals surface area contributed by atoms with E-state index in [-0.39, 0.29) is 31.4 Å². The number of halogens is 2. The van der Waals surface area contributed by atoms with Crippen LogP contribution in [0.1, 0.15) is 24.7 Å². The number of ether oxygens (including phenoxy) is 1. The van der Waals surface area contributed by atoms with Crippen molar-refractivity contribution in [3.8, 4) is 5.75 Å². The lowest BCUT2D eigenvalue weighted by Crippen LogP contribution is -2.41. The summed E-state index contributed by atoms with van der Waals surface area (Å²) in [6, 6.07) is 5.13. The van der Waals surface area contributed by atoms with Gasteiger partial charge in [0.1, 0.15) is 11.3 Å². The number of nitrogen functional groups attached to an aromatic ring is 1. The van der Waals surface area contributed by atoms with Crippen LogP contribution in [0.4, 0.5) is 14.7 Å². The van der Waals surface area contributed by atoms with Crippen molar-refractivity contribution >= 4 is 22.5 Å². The number of nitrogens with one attached hydrogen (secondary N) is 1. The van der Waals surface area contributed by atoms with E-state index in [1.165, 1.54) is 4.52 Å². The smallest absolute Gasteiger partial charge is 0.260 e. The van der Waals surface area contributed by atoms with Gasteiger partial charge < -0.3 is 15.8 Å². The summed E-state index contributed by atoms with van der Waals surface area (Å²) in [4.78, 5) is 8.85. The minimum Gasteiger partial charge on any atom is -0.494 e. The summed E-state index contributed by atoms with van der Waals surface area (Å²) in [6.45, 7) is -0.379. The lowest BCUT2D eigenvalue weighted by Gasteiger charge is -2.27. The highest BCUT2D eigenvalue weighted by Gasteiger charge is 2.36. The Labute approximate surface area is 135 Å². The van der Waals surface area contributed by atoms with Crippen LogP contribution < -0.4 is 15.8 Å². The number of anilines is 1. The standard InChI is InChI=1S/C15H16F2N6O/c1-24-10-4-2-3-8-11(10)20-14(18)23-13(8)21-12(22-23)9-5-6-15(16,17)7-19-9/h2-4,9,19H,5-7H2,1H3,(H2,18,20)/t9-/m1/s1. The Hall–Kier alpha value is -2.55. The summed E-state index contributed by atoms with van der Waals surface area (Å²) in [5.41, 5.74) is 7.11. The molecule has 0 aliphatic carbocycles. The molecule has 1 aliphatic rings. The fraction of sp³-hybridized carbons (Fsp3) is 0.400. The third kappa shape index (κ3) is 2.32. The predicted molar refractivity (Wildman–Crippen MR) is 84.2 cm³/mol. The molecule has 3 N–H and O–H groups in total. The van der Waals surface area contributed by atoms with E-state index in [9.17, 15) is 8.78 Å². The highest BCUT2D eigenvalue weighted by molar-refractivity contribution is 5.95. The Bertz CT molecular complexity index is 915. The molecule has 4 rings (SSSR count). The highest BCUT2D eigenvalue weighted by atomic mass is 19.3. The van der Waals surface area contributed by atoms with E-state index in [1.807, 2.05) is 12.1 Å². The number of aromatic nitrogens is 4. The average Bonchev–Trinajstić information content (AvgIpc) is 3.00. The molecule has 1 aliphatic heterocycles. The van der Waals surface area contributed by atoms with Gasteiger partial charge >= 0.3 is 0 Å². The molecule has 0 unspecified atom stereocenters. The molecule has 1 atom stereocenters. The Morgan fingerprint density at radius 1 is 1.38 bits per heavy atom. The number of nitrogens with two attached hydrogens (primary N) is 1. The molecule has 7 nitrogen and oxygen atoms in total. The largest absolute Gasteiger partial charge is 0.494 e. The maximum atomic E-state index is 13.3. The number of alkyl halides is 2. The molecule has 0 bridgehead atoms. The summed E-state index contributed by atoms with van der Waals surface area (Å²) in [6.07, 6.45) is 0.0704. The van der Waals surface area contributed by atoms with Crippen LogP contribution in [0.25, 0.3) is 16.6 Å². The summed E-state index contributed by atoms with van der Waals surface area (Å²) in [7, 11) is 1.55. The summed E-state index contributed by atoms with van der Waals surface area (Å²) in [5, 5.41) is 7.90. The Kier molecular flexibility index (Phi) is 3.27. The fourth-order valence-corrected chi connectivity index (χ4v) is 2.99. The number of methoxy groups -OCH3 is 1. The van der Waals surface area contributed by atoms with Gasteiger partial charge in [0.15, 0.2) is 11.5 Å². The van der Waals surface area contributed by atoms with Gasteiger partial charge in [0.2, 0.25) is 5.95 Å². The molecule has 0 amide bonds. The number of fused-ring (bicyclic) bond motifs is 3. The topological polar surface area (TPSA) is 90.4 Å². The first-order valence-corrected chi connectivity index (χ1v) is 7.58. The van der Waals surface area contributed by atoms with Crippen LogP contribution in [-0.4, -0.2) is 39.2 Å². The zero-order valence-corrected chi connectivity index (χ0v) is 13.0. The molecule has 3 aromatic rings. The third-order valence-electron chi connectivity index (χ3n) is 4.24. The number of rotatable bonds is 2. The number of piperidine rings is 1. The van der Waals surface area contributed by atoms with E-state index in [2.05, 4.69) is 20.4 Å². The van der Waals surface area contributed by atoms with E-state index in [0.717, 1.165) is 5.39 Å². The van der Waals surface area contributed by atoms with Gasteiger partial charge in [0.05, 0.1) is 19.7 Å². The van der Waals surface area contributed by atoms with Gasteiger partial charge in [-0.25, -0.2) is 18.7 Å². The van der Waals surface area contributed by atoms with E-state index >= 15 is 0 Å². The number of nitrogens with zero attached hydrogens (tertiary/aromatic N) is 4. The molecular weight excluding hydrogens is 318 g/mol. The van der Waals surface area contributed by atoms with Gasteiger partial charge in [0, 0.05) is 11.8 Å². The average molecular weight is 334 g/mol. The summed E-state index contributed by atoms with van der Waals surface area (Å²) in [5.74, 6) is -1.49. The highest BCUT2D eigenvalue weighted by Crippen LogP contribution is 2.32. The first kappa shape index (κ1) is 15.0. The molecule has 0 spiro atoms. The minimum absolute atomic E-state index is 0.168. The van der Waals surface area contributed by atoms with Gasteiger partial charge in [-0.05, 0) is 18.6 Å². The molecule has 126 valence electrons. The summed E-state index contributed by atoms with van der Waals surface area (Å²) < 4.78 is 33.3. The van der Waals surface area contributed by atoms with Crippen molar-refractivity contribution in [1.82, 2.24) is 24.9 Å². The van der Waals surface area contributed by atoms with E-state index in [4.69, 9.17) is 10.5 Å². The lowest BCUT2D eigenvalue weighted by molar-refractivity contribution is -0.0309. The number of hydrogen-bond donors (Lipinski definition) is 2. The van der Waals surface area contributed by atoms with Crippen LogP contribution in [0.5, 0.6) is 5.75 Å². The maximum Gasteiger partial charge on any atom is 0.260 e. The molecule has 1 saturated heterocycles.